The van der Waals surface area contributed by atoms with Crippen molar-refractivity contribution in [1.82, 2.24) is 14.5 Å². The number of hydrogen-bond donors (Lipinski definition) is 3. The third kappa shape index (κ3) is 1.98. The van der Waals surface area contributed by atoms with Crippen molar-refractivity contribution in [3.8, 4) is 0 Å². The standard InChI is InChI=1S/C10H14N4O2/c1-14-6-13-9-8(14)2-3-11-10(9)12-4-7(16)5-15/h2-3,6-7,15-16H,4-5H2,1H3,(H,11,12). The first-order valence-electron chi connectivity index (χ1n) is 5.01. The minimum atomic E-state index is -0.791. The van der Waals surface area contributed by atoms with E-state index < -0.39 is 6.10 Å². The van der Waals surface area contributed by atoms with Crippen LogP contribution in [0.2, 0.25) is 0 Å². The first-order chi connectivity index (χ1) is 7.72. The SMILES string of the molecule is Cn1cnc2c(NCC(O)CO)nccc21. The molecule has 0 spiro atoms. The molecule has 0 aliphatic carbocycles. The van der Waals surface area contributed by atoms with Crippen LogP contribution in [0.4, 0.5) is 5.82 Å². The zero-order valence-corrected chi connectivity index (χ0v) is 8.96. The molecular formula is C10H14N4O2. The fraction of sp³-hybridized carbons (Fsp3) is 0.400. The molecule has 2 aromatic rings. The number of nitrogens with zero attached hydrogens (tertiary/aromatic N) is 3. The molecule has 3 N–H and O–H groups in total. The quantitative estimate of drug-likeness (QED) is 0.663. The molecule has 0 aromatic carbocycles. The second kappa shape index (κ2) is 4.46. The summed E-state index contributed by atoms with van der Waals surface area (Å²) in [6.07, 6.45) is 2.60. The van der Waals surface area contributed by atoms with E-state index in [2.05, 4.69) is 15.3 Å². The Morgan fingerprint density at radius 1 is 1.50 bits per heavy atom. The topological polar surface area (TPSA) is 83.2 Å². The maximum atomic E-state index is 9.23. The Labute approximate surface area is 92.6 Å². The molecular weight excluding hydrogens is 208 g/mol. The fourth-order valence-corrected chi connectivity index (χ4v) is 1.47. The first kappa shape index (κ1) is 10.8. The molecule has 0 fully saturated rings. The number of aryl methyl sites for hydroxylation is 1. The van der Waals surface area contributed by atoms with Gasteiger partial charge in [-0.2, -0.15) is 0 Å². The smallest absolute Gasteiger partial charge is 0.154 e. The average Bonchev–Trinajstić information content (AvgIpc) is 2.69. The number of imidazole rings is 1. The molecule has 2 heterocycles. The predicted molar refractivity (Wildman–Crippen MR) is 60.1 cm³/mol. The fourth-order valence-electron chi connectivity index (χ4n) is 1.47. The van der Waals surface area contributed by atoms with Gasteiger partial charge in [-0.1, -0.05) is 0 Å². The molecule has 0 radical (unpaired) electrons. The molecule has 16 heavy (non-hydrogen) atoms. The van der Waals surface area contributed by atoms with Crippen molar-refractivity contribution in [2.45, 2.75) is 6.10 Å². The van der Waals surface area contributed by atoms with Crippen LogP contribution < -0.4 is 5.32 Å². The van der Waals surface area contributed by atoms with Gasteiger partial charge in [0.2, 0.25) is 0 Å². The van der Waals surface area contributed by atoms with E-state index in [9.17, 15) is 5.11 Å². The molecule has 0 bridgehead atoms. The van der Waals surface area contributed by atoms with E-state index in [0.29, 0.717) is 5.82 Å². The van der Waals surface area contributed by atoms with Crippen LogP contribution in [0.15, 0.2) is 18.6 Å². The van der Waals surface area contributed by atoms with Crippen molar-refractivity contribution in [2.75, 3.05) is 18.5 Å². The largest absolute Gasteiger partial charge is 0.394 e. The number of anilines is 1. The van der Waals surface area contributed by atoms with Crippen LogP contribution >= 0.6 is 0 Å². The highest BCUT2D eigenvalue weighted by molar-refractivity contribution is 5.85. The van der Waals surface area contributed by atoms with Gasteiger partial charge in [0.05, 0.1) is 24.6 Å². The lowest BCUT2D eigenvalue weighted by Crippen LogP contribution is -2.23. The second-order valence-electron chi connectivity index (χ2n) is 3.60. The van der Waals surface area contributed by atoms with E-state index >= 15 is 0 Å². The highest BCUT2D eigenvalue weighted by atomic mass is 16.3. The van der Waals surface area contributed by atoms with Gasteiger partial charge >= 0.3 is 0 Å². The maximum absolute atomic E-state index is 9.23. The molecule has 1 unspecified atom stereocenters. The van der Waals surface area contributed by atoms with Gasteiger partial charge in [0, 0.05) is 19.8 Å². The molecule has 2 rings (SSSR count). The van der Waals surface area contributed by atoms with Crippen molar-refractivity contribution in [1.29, 1.82) is 0 Å². The Morgan fingerprint density at radius 2 is 2.31 bits per heavy atom. The van der Waals surface area contributed by atoms with Crippen molar-refractivity contribution in [3.63, 3.8) is 0 Å². The summed E-state index contributed by atoms with van der Waals surface area (Å²) in [5.74, 6) is 0.616. The summed E-state index contributed by atoms with van der Waals surface area (Å²) in [7, 11) is 1.90. The molecule has 1 atom stereocenters. The second-order valence-corrected chi connectivity index (χ2v) is 3.60. The van der Waals surface area contributed by atoms with E-state index in [0.717, 1.165) is 11.0 Å². The van der Waals surface area contributed by atoms with E-state index in [1.165, 1.54) is 0 Å². The highest BCUT2D eigenvalue weighted by Crippen LogP contribution is 2.18. The lowest BCUT2D eigenvalue weighted by molar-refractivity contribution is 0.105. The number of aromatic nitrogens is 3. The van der Waals surface area contributed by atoms with Gasteiger partial charge in [0.25, 0.3) is 0 Å². The molecule has 6 heteroatoms. The summed E-state index contributed by atoms with van der Waals surface area (Å²) in [5.41, 5.74) is 1.73. The summed E-state index contributed by atoms with van der Waals surface area (Å²) >= 11 is 0. The van der Waals surface area contributed by atoms with Crippen molar-refractivity contribution >= 4 is 16.9 Å². The summed E-state index contributed by atoms with van der Waals surface area (Å²) < 4.78 is 1.89. The Morgan fingerprint density at radius 3 is 3.06 bits per heavy atom. The Balaban J connectivity index is 2.24. The van der Waals surface area contributed by atoms with Gasteiger partial charge in [-0.3, -0.25) is 0 Å². The van der Waals surface area contributed by atoms with E-state index in [1.54, 1.807) is 12.5 Å². The summed E-state index contributed by atoms with van der Waals surface area (Å²) in [4.78, 5) is 8.36. The first-order valence-corrected chi connectivity index (χ1v) is 5.01. The van der Waals surface area contributed by atoms with E-state index in [1.807, 2.05) is 17.7 Å². The average molecular weight is 222 g/mol. The number of rotatable bonds is 4. The normalized spacial score (nSPS) is 12.9. The van der Waals surface area contributed by atoms with Gasteiger partial charge in [-0.15, -0.1) is 0 Å². The van der Waals surface area contributed by atoms with Crippen LogP contribution in [-0.4, -0.2) is 44.0 Å². The summed E-state index contributed by atoms with van der Waals surface area (Å²) in [6, 6.07) is 1.87. The zero-order chi connectivity index (χ0) is 11.5. The monoisotopic (exact) mass is 222 g/mol. The summed E-state index contributed by atoms with van der Waals surface area (Å²) in [5, 5.41) is 20.9. The lowest BCUT2D eigenvalue weighted by Gasteiger charge is -2.09. The van der Waals surface area contributed by atoms with E-state index in [4.69, 9.17) is 5.11 Å². The van der Waals surface area contributed by atoms with Crippen molar-refractivity contribution in [2.24, 2.45) is 7.05 Å². The highest BCUT2D eigenvalue weighted by Gasteiger charge is 2.08. The molecule has 0 saturated heterocycles. The number of aliphatic hydroxyl groups excluding tert-OH is 2. The molecule has 6 nitrogen and oxygen atoms in total. The third-order valence-corrected chi connectivity index (χ3v) is 2.36. The number of hydrogen-bond acceptors (Lipinski definition) is 5. The van der Waals surface area contributed by atoms with Crippen LogP contribution in [0.3, 0.4) is 0 Å². The number of fused-ring (bicyclic) bond motifs is 1. The van der Waals surface area contributed by atoms with Crippen molar-refractivity contribution < 1.29 is 10.2 Å². The third-order valence-electron chi connectivity index (χ3n) is 2.36. The maximum Gasteiger partial charge on any atom is 0.154 e. The van der Waals surface area contributed by atoms with Crippen LogP contribution in [0, 0.1) is 0 Å². The molecule has 0 aliphatic heterocycles. The molecule has 86 valence electrons. The van der Waals surface area contributed by atoms with Crippen LogP contribution in [0.25, 0.3) is 11.0 Å². The van der Waals surface area contributed by atoms with Gasteiger partial charge in [-0.25, -0.2) is 9.97 Å². The molecule has 0 saturated carbocycles. The minimum absolute atomic E-state index is 0.249. The van der Waals surface area contributed by atoms with Crippen molar-refractivity contribution in [3.05, 3.63) is 18.6 Å². The predicted octanol–water partition coefficient (Wildman–Crippen LogP) is -0.267. The van der Waals surface area contributed by atoms with Gasteiger partial charge in [-0.05, 0) is 6.07 Å². The molecule has 0 amide bonds. The van der Waals surface area contributed by atoms with Crippen LogP contribution in [0.5, 0.6) is 0 Å². The summed E-state index contributed by atoms with van der Waals surface area (Å²) in [6.45, 7) is -0.0234. The lowest BCUT2D eigenvalue weighted by atomic mass is 10.3. The Kier molecular flexibility index (Phi) is 3.02. The molecule has 0 aliphatic rings. The number of nitrogens with one attached hydrogen (secondary N) is 1. The molecule has 2 aromatic heterocycles. The van der Waals surface area contributed by atoms with Crippen LogP contribution in [0.1, 0.15) is 0 Å². The van der Waals surface area contributed by atoms with Crippen LogP contribution in [-0.2, 0) is 7.05 Å². The van der Waals surface area contributed by atoms with Gasteiger partial charge in [0.15, 0.2) is 5.82 Å². The van der Waals surface area contributed by atoms with Gasteiger partial charge in [0.1, 0.15) is 5.52 Å². The van der Waals surface area contributed by atoms with E-state index in [-0.39, 0.29) is 13.2 Å². The van der Waals surface area contributed by atoms with Gasteiger partial charge < -0.3 is 20.1 Å². The zero-order valence-electron chi connectivity index (χ0n) is 8.96. The Bertz CT molecular complexity index is 483. The Hall–Kier alpha value is -1.66. The number of aliphatic hydroxyl groups is 2. The minimum Gasteiger partial charge on any atom is -0.394 e. The number of pyridine rings is 1.